The van der Waals surface area contributed by atoms with Crippen LogP contribution in [0.5, 0.6) is 11.8 Å². The molecule has 0 aliphatic carbocycles. The minimum Gasteiger partial charge on any atom is -0.426 e. The van der Waals surface area contributed by atoms with Crippen molar-refractivity contribution >= 4 is 34.6 Å². The first-order chi connectivity index (χ1) is 14.1. The fourth-order valence-corrected chi connectivity index (χ4v) is 3.53. The maximum atomic E-state index is 13.0. The Hall–Kier alpha value is -3.58. The van der Waals surface area contributed by atoms with Crippen LogP contribution < -0.4 is 10.4 Å². The predicted molar refractivity (Wildman–Crippen MR) is 119 cm³/mol. The maximum Gasteiger partial charge on any atom is 0.335 e. The molecular weight excluding hydrogens is 402 g/mol. The smallest absolute Gasteiger partial charge is 0.335 e. The van der Waals surface area contributed by atoms with Gasteiger partial charge in [-0.3, -0.25) is 4.57 Å². The van der Waals surface area contributed by atoms with E-state index in [2.05, 4.69) is 15.0 Å². The minimum atomic E-state index is -0.111. The van der Waals surface area contributed by atoms with Gasteiger partial charge in [-0.25, -0.2) is 14.3 Å². The quantitative estimate of drug-likeness (QED) is 0.449. The number of para-hydroxylation sites is 2. The van der Waals surface area contributed by atoms with Crippen LogP contribution in [-0.4, -0.2) is 24.1 Å². The van der Waals surface area contributed by atoms with Gasteiger partial charge in [-0.05, 0) is 62.4 Å². The first kappa shape index (κ1) is 19.7. The van der Waals surface area contributed by atoms with Gasteiger partial charge in [0.05, 0.1) is 22.2 Å². The Morgan fingerprint density at radius 1 is 1.00 bits per heavy atom. The molecule has 0 unspecified atom stereocenters. The Labute approximate surface area is 178 Å². The summed E-state index contributed by atoms with van der Waals surface area (Å²) < 4.78 is 9.22. The molecule has 2 aromatic carbocycles. The highest BCUT2D eigenvalue weighted by atomic mass is 35.5. The first-order valence-electron chi connectivity index (χ1n) is 9.43. The fraction of sp³-hybridized carbons (Fsp3) is 0.136. The van der Waals surface area contributed by atoms with Crippen LogP contribution in [0.3, 0.4) is 0 Å². The fourth-order valence-electron chi connectivity index (χ4n) is 3.53. The summed E-state index contributed by atoms with van der Waals surface area (Å²) >= 11 is 0. The SMILES string of the molecule is CC(C)n1c(=O)n(-c2ccc(Oc3nc4ccccc4[nH]3)cc2)c2ncccc21.Cl. The first-order valence-corrected chi connectivity index (χ1v) is 9.43. The van der Waals surface area contributed by atoms with Gasteiger partial charge in [0, 0.05) is 12.2 Å². The third-order valence-electron chi connectivity index (χ3n) is 4.83. The number of hydrogen-bond acceptors (Lipinski definition) is 4. The van der Waals surface area contributed by atoms with E-state index in [1.165, 1.54) is 0 Å². The Morgan fingerprint density at radius 3 is 2.50 bits per heavy atom. The van der Waals surface area contributed by atoms with E-state index in [1.807, 2.05) is 74.5 Å². The zero-order valence-electron chi connectivity index (χ0n) is 16.4. The van der Waals surface area contributed by atoms with E-state index in [9.17, 15) is 4.79 Å². The van der Waals surface area contributed by atoms with Crippen molar-refractivity contribution in [1.29, 1.82) is 0 Å². The number of benzene rings is 2. The monoisotopic (exact) mass is 421 g/mol. The molecule has 30 heavy (non-hydrogen) atoms. The topological polar surface area (TPSA) is 77.7 Å². The van der Waals surface area contributed by atoms with Crippen molar-refractivity contribution in [2.45, 2.75) is 19.9 Å². The lowest BCUT2D eigenvalue weighted by Crippen LogP contribution is -2.24. The highest BCUT2D eigenvalue weighted by Crippen LogP contribution is 2.24. The Bertz CT molecular complexity index is 1350. The van der Waals surface area contributed by atoms with Crippen molar-refractivity contribution in [2.24, 2.45) is 0 Å². The molecule has 5 rings (SSSR count). The highest BCUT2D eigenvalue weighted by molar-refractivity contribution is 5.85. The average Bonchev–Trinajstić information content (AvgIpc) is 3.26. The van der Waals surface area contributed by atoms with Gasteiger partial charge in [-0.2, -0.15) is 4.98 Å². The molecule has 0 aliphatic rings. The minimum absolute atomic E-state index is 0. The highest BCUT2D eigenvalue weighted by Gasteiger charge is 2.17. The number of rotatable bonds is 4. The summed E-state index contributed by atoms with van der Waals surface area (Å²) in [7, 11) is 0. The van der Waals surface area contributed by atoms with E-state index >= 15 is 0 Å². The molecule has 0 saturated heterocycles. The molecule has 0 spiro atoms. The predicted octanol–water partition coefficient (Wildman–Crippen LogP) is 4.86. The van der Waals surface area contributed by atoms with Crippen LogP contribution in [-0.2, 0) is 0 Å². The van der Waals surface area contributed by atoms with E-state index in [1.54, 1.807) is 15.3 Å². The second-order valence-corrected chi connectivity index (χ2v) is 7.08. The van der Waals surface area contributed by atoms with Crippen molar-refractivity contribution in [3.05, 3.63) is 77.3 Å². The summed E-state index contributed by atoms with van der Waals surface area (Å²) in [4.78, 5) is 25.0. The van der Waals surface area contributed by atoms with E-state index < -0.39 is 0 Å². The number of halogens is 1. The van der Waals surface area contributed by atoms with Gasteiger partial charge in [0.15, 0.2) is 5.65 Å². The lowest BCUT2D eigenvalue weighted by molar-refractivity contribution is 0.449. The molecule has 0 atom stereocenters. The summed E-state index contributed by atoms with van der Waals surface area (Å²) in [5, 5.41) is 0. The van der Waals surface area contributed by atoms with Gasteiger partial charge in [0.2, 0.25) is 0 Å². The molecule has 0 bridgehead atoms. The second kappa shape index (κ2) is 7.68. The van der Waals surface area contributed by atoms with E-state index in [0.29, 0.717) is 17.4 Å². The third-order valence-corrected chi connectivity index (χ3v) is 4.83. The largest absolute Gasteiger partial charge is 0.426 e. The summed E-state index contributed by atoms with van der Waals surface area (Å²) in [5.74, 6) is 0.626. The lowest BCUT2D eigenvalue weighted by atomic mass is 10.3. The normalized spacial score (nSPS) is 11.2. The molecule has 152 valence electrons. The molecule has 0 aliphatic heterocycles. The van der Waals surface area contributed by atoms with Crippen LogP contribution in [0.15, 0.2) is 71.7 Å². The standard InChI is InChI=1S/C22H19N5O2.ClH/c1-14(2)26-19-8-5-13-23-20(19)27(22(26)28)15-9-11-16(12-10-15)29-21-24-17-6-3-4-7-18(17)25-21;/h3-14H,1-2H3,(H,24,25);1H. The Kier molecular flexibility index (Phi) is 5.05. The molecule has 7 nitrogen and oxygen atoms in total. The lowest BCUT2D eigenvalue weighted by Gasteiger charge is -2.06. The number of nitrogens with zero attached hydrogens (tertiary/aromatic N) is 4. The number of pyridine rings is 1. The van der Waals surface area contributed by atoms with Gasteiger partial charge in [0.25, 0.3) is 6.01 Å². The van der Waals surface area contributed by atoms with Crippen molar-refractivity contribution in [1.82, 2.24) is 24.1 Å². The van der Waals surface area contributed by atoms with Crippen LogP contribution in [0.1, 0.15) is 19.9 Å². The van der Waals surface area contributed by atoms with E-state index in [0.717, 1.165) is 22.2 Å². The molecule has 1 N–H and O–H groups in total. The average molecular weight is 422 g/mol. The van der Waals surface area contributed by atoms with E-state index in [-0.39, 0.29) is 24.1 Å². The summed E-state index contributed by atoms with van der Waals surface area (Å²) in [5.41, 5.74) is 3.83. The number of hydrogen-bond donors (Lipinski definition) is 1. The van der Waals surface area contributed by atoms with Crippen LogP contribution in [0.25, 0.3) is 27.9 Å². The number of imidazole rings is 2. The molecule has 0 saturated carbocycles. The van der Waals surface area contributed by atoms with Crippen molar-refractivity contribution in [3.63, 3.8) is 0 Å². The molecule has 5 aromatic rings. The zero-order valence-corrected chi connectivity index (χ0v) is 17.3. The number of nitrogens with one attached hydrogen (secondary N) is 1. The number of aromatic amines is 1. The molecule has 0 fully saturated rings. The summed E-state index contributed by atoms with van der Waals surface area (Å²) in [6, 6.07) is 19.3. The number of aromatic nitrogens is 5. The van der Waals surface area contributed by atoms with Gasteiger partial charge in [0.1, 0.15) is 5.75 Å². The van der Waals surface area contributed by atoms with Crippen molar-refractivity contribution in [3.8, 4) is 17.4 Å². The maximum absolute atomic E-state index is 13.0. The summed E-state index contributed by atoms with van der Waals surface area (Å²) in [6.45, 7) is 3.98. The van der Waals surface area contributed by atoms with Crippen molar-refractivity contribution in [2.75, 3.05) is 0 Å². The van der Waals surface area contributed by atoms with Crippen LogP contribution in [0, 0.1) is 0 Å². The summed E-state index contributed by atoms with van der Waals surface area (Å²) in [6.07, 6.45) is 1.70. The molecule has 8 heteroatoms. The van der Waals surface area contributed by atoms with Gasteiger partial charge in [-0.1, -0.05) is 12.1 Å². The van der Waals surface area contributed by atoms with Crippen molar-refractivity contribution < 1.29 is 4.74 Å². The Morgan fingerprint density at radius 2 is 1.77 bits per heavy atom. The molecule has 0 radical (unpaired) electrons. The van der Waals surface area contributed by atoms with Crippen LogP contribution >= 0.6 is 12.4 Å². The van der Waals surface area contributed by atoms with Crippen LogP contribution in [0.4, 0.5) is 0 Å². The van der Waals surface area contributed by atoms with Gasteiger partial charge >= 0.3 is 5.69 Å². The third kappa shape index (κ3) is 3.23. The van der Waals surface area contributed by atoms with Gasteiger partial charge < -0.3 is 9.72 Å². The molecule has 0 amide bonds. The molecular formula is C22H20ClN5O2. The number of fused-ring (bicyclic) bond motifs is 2. The Balaban J connectivity index is 0.00000218. The van der Waals surface area contributed by atoms with Crippen LogP contribution in [0.2, 0.25) is 0 Å². The zero-order chi connectivity index (χ0) is 20.0. The molecule has 3 aromatic heterocycles. The van der Waals surface area contributed by atoms with E-state index in [4.69, 9.17) is 4.74 Å². The van der Waals surface area contributed by atoms with Gasteiger partial charge in [-0.15, -0.1) is 12.4 Å². The number of ether oxygens (including phenoxy) is 1. The second-order valence-electron chi connectivity index (χ2n) is 7.08. The molecule has 3 heterocycles. The number of H-pyrrole nitrogens is 1.